The molecule has 0 bridgehead atoms. The average Bonchev–Trinajstić information content (AvgIpc) is 2.89. The maximum Gasteiger partial charge on any atom is 0.351 e. The topological polar surface area (TPSA) is 111 Å². The van der Waals surface area contributed by atoms with Gasteiger partial charge in [-0.2, -0.15) is 4.98 Å². The highest BCUT2D eigenvalue weighted by Gasteiger charge is 2.58. The van der Waals surface area contributed by atoms with E-state index in [1.807, 2.05) is 0 Å². The quantitative estimate of drug-likeness (QED) is 0.636. The molecule has 0 amide bonds. The van der Waals surface area contributed by atoms with Gasteiger partial charge in [-0.05, 0) is 25.3 Å². The third-order valence-corrected chi connectivity index (χ3v) is 4.19. The third kappa shape index (κ3) is 1.69. The number of anilines is 1. The van der Waals surface area contributed by atoms with E-state index >= 15 is 0 Å². The summed E-state index contributed by atoms with van der Waals surface area (Å²) in [6.07, 6.45) is 2.36. The van der Waals surface area contributed by atoms with Crippen molar-refractivity contribution in [3.05, 3.63) is 22.7 Å². The van der Waals surface area contributed by atoms with E-state index in [1.54, 1.807) is 6.20 Å². The summed E-state index contributed by atoms with van der Waals surface area (Å²) in [6.45, 7) is -0.267. The molecule has 7 heteroatoms. The number of aliphatic hydroxyl groups is 2. The highest BCUT2D eigenvalue weighted by atomic mass is 16.6. The van der Waals surface area contributed by atoms with Gasteiger partial charge in [0.15, 0.2) is 5.72 Å². The maximum absolute atomic E-state index is 12.0. The molecule has 0 radical (unpaired) electrons. The van der Waals surface area contributed by atoms with Crippen molar-refractivity contribution in [2.45, 2.75) is 37.2 Å². The summed E-state index contributed by atoms with van der Waals surface area (Å²) in [6, 6.07) is 1.54. The number of hydrogen-bond donors (Lipinski definition) is 3. The second-order valence-electron chi connectivity index (χ2n) is 5.18. The lowest BCUT2D eigenvalue weighted by molar-refractivity contribution is -0.125. The van der Waals surface area contributed by atoms with Gasteiger partial charge in [0.05, 0.1) is 12.7 Å². The second-order valence-corrected chi connectivity index (χ2v) is 5.18. The summed E-state index contributed by atoms with van der Waals surface area (Å²) in [5.41, 5.74) is 4.10. The van der Waals surface area contributed by atoms with Crippen LogP contribution in [0.4, 0.5) is 5.82 Å². The molecule has 1 aliphatic heterocycles. The van der Waals surface area contributed by atoms with E-state index in [1.165, 1.54) is 10.6 Å². The van der Waals surface area contributed by atoms with Gasteiger partial charge in [-0.3, -0.25) is 4.57 Å². The van der Waals surface area contributed by atoms with Gasteiger partial charge in [0.1, 0.15) is 11.9 Å². The van der Waals surface area contributed by atoms with Gasteiger partial charge in [-0.25, -0.2) is 4.79 Å². The van der Waals surface area contributed by atoms with Crippen LogP contribution in [0, 0.1) is 5.92 Å². The molecule has 7 nitrogen and oxygen atoms in total. The molecule has 1 saturated carbocycles. The predicted octanol–water partition coefficient (Wildman–Crippen LogP) is -0.970. The van der Waals surface area contributed by atoms with E-state index in [-0.39, 0.29) is 18.3 Å². The number of fused-ring (bicyclic) bond motifs is 1. The number of rotatable bonds is 2. The van der Waals surface area contributed by atoms with Crippen LogP contribution in [0.25, 0.3) is 0 Å². The molecule has 2 fully saturated rings. The van der Waals surface area contributed by atoms with Crippen LogP contribution in [0.3, 0.4) is 0 Å². The standard InChI is InChI=1S/C12H17N3O4/c13-9-3-5-15(11(18)14-9)12-4-1-2-7(12)10(17)8(6-16)19-12/h3,5,7-8,10,16-17H,1-2,4,6H2,(H2,13,14,18)/t7-,8-,10+,12-/m1/s1. The Hall–Kier alpha value is -1.44. The van der Waals surface area contributed by atoms with Crippen LogP contribution in [0.15, 0.2) is 17.1 Å². The van der Waals surface area contributed by atoms with Crippen molar-refractivity contribution in [3.63, 3.8) is 0 Å². The Morgan fingerprint density at radius 1 is 1.63 bits per heavy atom. The van der Waals surface area contributed by atoms with E-state index in [2.05, 4.69) is 4.98 Å². The molecular weight excluding hydrogens is 250 g/mol. The Morgan fingerprint density at radius 2 is 2.42 bits per heavy atom. The molecular formula is C12H17N3O4. The fourth-order valence-corrected chi connectivity index (χ4v) is 3.37. The van der Waals surface area contributed by atoms with E-state index < -0.39 is 23.6 Å². The molecule has 3 rings (SSSR count). The lowest BCUT2D eigenvalue weighted by atomic mass is 9.94. The molecule has 19 heavy (non-hydrogen) atoms. The number of hydrogen-bond acceptors (Lipinski definition) is 6. The van der Waals surface area contributed by atoms with Crippen LogP contribution in [0.2, 0.25) is 0 Å². The molecule has 0 aromatic carbocycles. The zero-order valence-corrected chi connectivity index (χ0v) is 10.4. The largest absolute Gasteiger partial charge is 0.394 e. The third-order valence-electron chi connectivity index (χ3n) is 4.19. The molecule has 1 aromatic rings. The number of nitrogens with zero attached hydrogens (tertiary/aromatic N) is 2. The Kier molecular flexibility index (Phi) is 2.84. The Bertz CT molecular complexity index is 546. The molecule has 0 unspecified atom stereocenters. The van der Waals surface area contributed by atoms with Crippen LogP contribution < -0.4 is 11.4 Å². The van der Waals surface area contributed by atoms with Crippen molar-refractivity contribution in [1.82, 2.24) is 9.55 Å². The van der Waals surface area contributed by atoms with E-state index in [0.717, 1.165) is 12.8 Å². The zero-order valence-electron chi connectivity index (χ0n) is 10.4. The summed E-state index contributed by atoms with van der Waals surface area (Å²) in [7, 11) is 0. The lowest BCUT2D eigenvalue weighted by Crippen LogP contribution is -2.44. The fraction of sp³-hybridized carbons (Fsp3) is 0.667. The SMILES string of the molecule is Nc1ccn([C@@]23CCC[C@@H]2[C@H](O)[C@@H](CO)O3)c(=O)n1. The maximum atomic E-state index is 12.0. The fourth-order valence-electron chi connectivity index (χ4n) is 3.37. The van der Waals surface area contributed by atoms with Gasteiger partial charge in [-0.1, -0.05) is 0 Å². The first-order valence-electron chi connectivity index (χ1n) is 6.41. The number of ether oxygens (including phenoxy) is 1. The monoisotopic (exact) mass is 267 g/mol. The molecule has 4 atom stereocenters. The number of aliphatic hydroxyl groups excluding tert-OH is 2. The summed E-state index contributed by atoms with van der Waals surface area (Å²) >= 11 is 0. The smallest absolute Gasteiger partial charge is 0.351 e. The molecule has 4 N–H and O–H groups in total. The normalized spacial score (nSPS) is 37.5. The van der Waals surface area contributed by atoms with Gasteiger partial charge in [0.2, 0.25) is 0 Å². The second kappa shape index (κ2) is 4.29. The zero-order chi connectivity index (χ0) is 13.6. The van der Waals surface area contributed by atoms with Gasteiger partial charge in [0.25, 0.3) is 0 Å². The summed E-state index contributed by atoms with van der Waals surface area (Å²) < 4.78 is 7.23. The minimum absolute atomic E-state index is 0.157. The van der Waals surface area contributed by atoms with E-state index in [0.29, 0.717) is 6.42 Å². The molecule has 0 spiro atoms. The minimum atomic E-state index is -0.898. The van der Waals surface area contributed by atoms with Crippen LogP contribution >= 0.6 is 0 Å². The first kappa shape index (κ1) is 12.6. The molecule has 1 aromatic heterocycles. The van der Waals surface area contributed by atoms with E-state index in [4.69, 9.17) is 10.5 Å². The summed E-state index contributed by atoms with van der Waals surface area (Å²) in [5.74, 6) is -0.0442. The lowest BCUT2D eigenvalue weighted by Gasteiger charge is -2.30. The van der Waals surface area contributed by atoms with Crippen LogP contribution in [0.5, 0.6) is 0 Å². The van der Waals surface area contributed by atoms with Crippen molar-refractivity contribution in [2.24, 2.45) is 5.92 Å². The molecule has 2 heterocycles. The Labute approximate surface area is 109 Å². The van der Waals surface area contributed by atoms with Gasteiger partial charge in [-0.15, -0.1) is 0 Å². The average molecular weight is 267 g/mol. The van der Waals surface area contributed by atoms with Gasteiger partial charge >= 0.3 is 5.69 Å². The van der Waals surface area contributed by atoms with Gasteiger partial charge in [0, 0.05) is 12.1 Å². The van der Waals surface area contributed by atoms with Crippen molar-refractivity contribution in [2.75, 3.05) is 12.3 Å². The number of nitrogen functional groups attached to an aromatic ring is 1. The van der Waals surface area contributed by atoms with E-state index in [9.17, 15) is 15.0 Å². The number of aromatic nitrogens is 2. The van der Waals surface area contributed by atoms with Crippen molar-refractivity contribution >= 4 is 5.82 Å². The summed E-state index contributed by atoms with van der Waals surface area (Å²) in [5, 5.41) is 19.4. The minimum Gasteiger partial charge on any atom is -0.394 e. The van der Waals surface area contributed by atoms with Crippen LogP contribution in [-0.2, 0) is 10.5 Å². The Morgan fingerprint density at radius 3 is 3.11 bits per heavy atom. The predicted molar refractivity (Wildman–Crippen MR) is 66.2 cm³/mol. The van der Waals surface area contributed by atoms with Crippen molar-refractivity contribution in [3.8, 4) is 0 Å². The number of nitrogens with two attached hydrogens (primary N) is 1. The molecule has 1 aliphatic carbocycles. The molecule has 104 valence electrons. The van der Waals surface area contributed by atoms with Crippen molar-refractivity contribution < 1.29 is 14.9 Å². The first-order chi connectivity index (χ1) is 9.08. The highest BCUT2D eigenvalue weighted by Crippen LogP contribution is 2.50. The summed E-state index contributed by atoms with van der Waals surface area (Å²) in [4.78, 5) is 15.7. The molecule has 2 aliphatic rings. The highest BCUT2D eigenvalue weighted by molar-refractivity contribution is 5.24. The Balaban J connectivity index is 2.08. The first-order valence-corrected chi connectivity index (χ1v) is 6.41. The van der Waals surface area contributed by atoms with Crippen LogP contribution in [0.1, 0.15) is 19.3 Å². The van der Waals surface area contributed by atoms with Crippen LogP contribution in [-0.4, -0.2) is 38.6 Å². The van der Waals surface area contributed by atoms with Crippen molar-refractivity contribution in [1.29, 1.82) is 0 Å². The van der Waals surface area contributed by atoms with Gasteiger partial charge < -0.3 is 20.7 Å². The molecule has 1 saturated heterocycles.